The van der Waals surface area contributed by atoms with Crippen LogP contribution in [0.3, 0.4) is 0 Å². The lowest BCUT2D eigenvalue weighted by Gasteiger charge is -2.43. The van der Waals surface area contributed by atoms with E-state index in [1.165, 1.54) is 0 Å². The minimum Gasteiger partial charge on any atom is -0.369 e. The van der Waals surface area contributed by atoms with E-state index in [1.54, 1.807) is 0 Å². The van der Waals surface area contributed by atoms with E-state index < -0.39 is 5.79 Å². The summed E-state index contributed by atoms with van der Waals surface area (Å²) in [5, 5.41) is 10.6. The van der Waals surface area contributed by atoms with Crippen molar-refractivity contribution >= 4 is 13.2 Å². The Morgan fingerprint density at radius 1 is 1.61 bits per heavy atom. The van der Waals surface area contributed by atoms with E-state index in [0.717, 1.165) is 7.28 Å². The van der Waals surface area contributed by atoms with Gasteiger partial charge in [0.25, 0.3) is 0 Å². The normalized spacial score (nSPS) is 35.6. The van der Waals surface area contributed by atoms with E-state index in [-0.39, 0.29) is 23.8 Å². The summed E-state index contributed by atoms with van der Waals surface area (Å²) in [5.41, 5.74) is 5.36. The predicted molar refractivity (Wildman–Crippen MR) is 73.6 cm³/mol. The van der Waals surface area contributed by atoms with Crippen LogP contribution in [0.5, 0.6) is 0 Å². The van der Waals surface area contributed by atoms with Crippen molar-refractivity contribution in [1.29, 1.82) is 0 Å². The van der Waals surface area contributed by atoms with Gasteiger partial charge in [-0.1, -0.05) is 20.8 Å². The zero-order valence-corrected chi connectivity index (χ0v) is 12.0. The van der Waals surface area contributed by atoms with Gasteiger partial charge in [-0.15, -0.1) is 0 Å². The molecule has 3 N–H and O–H groups in total. The summed E-state index contributed by atoms with van der Waals surface area (Å²) < 4.78 is 5.78. The second kappa shape index (κ2) is 6.07. The molecular weight excluding hydrogens is 229 g/mol. The van der Waals surface area contributed by atoms with Crippen LogP contribution in [0.2, 0.25) is 12.1 Å². The molecule has 4 nitrogen and oxygen atoms in total. The molecule has 0 aliphatic carbocycles. The van der Waals surface area contributed by atoms with Crippen LogP contribution in [-0.2, 0) is 9.53 Å². The Hall–Kier alpha value is -0.545. The summed E-state index contributed by atoms with van der Waals surface area (Å²) in [6, 6.07) is 0. The lowest BCUT2D eigenvalue weighted by atomic mass is 9.55. The quantitative estimate of drug-likeness (QED) is 0.727. The van der Waals surface area contributed by atoms with E-state index >= 15 is 0 Å². The van der Waals surface area contributed by atoms with Crippen LogP contribution in [0.25, 0.3) is 0 Å². The molecule has 0 aromatic heterocycles. The highest BCUT2D eigenvalue weighted by molar-refractivity contribution is 6.38. The van der Waals surface area contributed by atoms with Gasteiger partial charge in [-0.05, 0) is 31.9 Å². The minimum atomic E-state index is -1.10. The lowest BCUT2D eigenvalue weighted by Crippen LogP contribution is -2.49. The molecule has 0 saturated carbocycles. The smallest absolute Gasteiger partial charge is 0.220 e. The molecule has 0 bridgehead atoms. The lowest BCUT2D eigenvalue weighted by molar-refractivity contribution is -0.250. The summed E-state index contributed by atoms with van der Waals surface area (Å²) in [5.74, 6) is -1.18. The Kier molecular flexibility index (Phi) is 5.23. The number of primary amides is 1. The first-order chi connectivity index (χ1) is 8.30. The fraction of sp³-hybridized carbons (Fsp3) is 0.923. The fourth-order valence-electron chi connectivity index (χ4n) is 2.62. The molecule has 1 fully saturated rings. The van der Waals surface area contributed by atoms with Gasteiger partial charge in [0, 0.05) is 11.8 Å². The van der Waals surface area contributed by atoms with Crippen LogP contribution in [0, 0.1) is 11.8 Å². The topological polar surface area (TPSA) is 72.6 Å². The number of ether oxygens (including phenoxy) is 1. The number of carbonyl (C=O) groups is 1. The van der Waals surface area contributed by atoms with Gasteiger partial charge in [-0.3, -0.25) is 4.79 Å². The van der Waals surface area contributed by atoms with Crippen molar-refractivity contribution < 1.29 is 14.6 Å². The van der Waals surface area contributed by atoms with Crippen LogP contribution in [0.15, 0.2) is 0 Å². The summed E-state index contributed by atoms with van der Waals surface area (Å²) in [6.07, 6.45) is 1.99. The van der Waals surface area contributed by atoms with Crippen molar-refractivity contribution in [2.24, 2.45) is 17.6 Å². The second-order valence-electron chi connectivity index (χ2n) is 5.83. The average Bonchev–Trinajstić information content (AvgIpc) is 2.30. The zero-order valence-electron chi connectivity index (χ0n) is 12.0. The van der Waals surface area contributed by atoms with Gasteiger partial charge in [0.2, 0.25) is 5.91 Å². The fourth-order valence-corrected chi connectivity index (χ4v) is 2.62. The average molecular weight is 255 g/mol. The number of aliphatic hydroxyl groups is 1. The summed E-state index contributed by atoms with van der Waals surface area (Å²) in [4.78, 5) is 11.3. The maximum atomic E-state index is 11.3. The van der Waals surface area contributed by atoms with E-state index in [1.807, 2.05) is 20.8 Å². The number of amides is 1. The number of hydrogen-bond acceptors (Lipinski definition) is 3. The highest BCUT2D eigenvalue weighted by Crippen LogP contribution is 2.37. The van der Waals surface area contributed by atoms with Gasteiger partial charge < -0.3 is 15.6 Å². The molecule has 0 aromatic rings. The largest absolute Gasteiger partial charge is 0.369 e. The predicted octanol–water partition coefficient (Wildman–Crippen LogP) is 1.29. The van der Waals surface area contributed by atoms with Crippen LogP contribution in [0.4, 0.5) is 0 Å². The van der Waals surface area contributed by atoms with Gasteiger partial charge in [-0.25, -0.2) is 0 Å². The molecule has 1 heterocycles. The Labute approximate surface area is 111 Å². The molecule has 5 heteroatoms. The maximum Gasteiger partial charge on any atom is 0.220 e. The Balaban J connectivity index is 2.65. The van der Waals surface area contributed by atoms with Crippen molar-refractivity contribution in [2.75, 3.05) is 0 Å². The molecule has 104 valence electrons. The first-order valence-electron chi connectivity index (χ1n) is 6.99. The molecule has 0 spiro atoms. The maximum absolute atomic E-state index is 11.3. The molecule has 0 radical (unpaired) electrons. The highest BCUT2D eigenvalue weighted by atomic mass is 16.6. The number of hydrogen-bond donors (Lipinski definition) is 2. The van der Waals surface area contributed by atoms with Crippen LogP contribution >= 0.6 is 0 Å². The zero-order chi connectivity index (χ0) is 13.9. The van der Waals surface area contributed by atoms with E-state index in [9.17, 15) is 9.90 Å². The first-order valence-corrected chi connectivity index (χ1v) is 6.99. The Morgan fingerprint density at radius 2 is 2.22 bits per heavy atom. The molecule has 1 aliphatic rings. The monoisotopic (exact) mass is 255 g/mol. The summed E-state index contributed by atoms with van der Waals surface area (Å²) in [6.45, 7) is 8.01. The van der Waals surface area contributed by atoms with Crippen molar-refractivity contribution in [3.63, 3.8) is 0 Å². The molecule has 1 saturated heterocycles. The number of nitrogens with two attached hydrogens (primary N) is 1. The van der Waals surface area contributed by atoms with Crippen molar-refractivity contribution in [3.05, 3.63) is 0 Å². The molecule has 1 amide bonds. The van der Waals surface area contributed by atoms with Gasteiger partial charge in [0.15, 0.2) is 5.79 Å². The van der Waals surface area contributed by atoms with E-state index in [2.05, 4.69) is 6.92 Å². The van der Waals surface area contributed by atoms with Crippen LogP contribution in [-0.4, -0.2) is 30.2 Å². The van der Waals surface area contributed by atoms with Gasteiger partial charge in [0.1, 0.15) is 7.28 Å². The Morgan fingerprint density at radius 3 is 2.67 bits per heavy atom. The third-order valence-corrected chi connectivity index (χ3v) is 4.45. The van der Waals surface area contributed by atoms with E-state index in [0.29, 0.717) is 25.0 Å². The second-order valence-corrected chi connectivity index (χ2v) is 5.83. The molecule has 1 unspecified atom stereocenters. The summed E-state index contributed by atoms with van der Waals surface area (Å²) in [7, 11) is 0.954. The SMILES string of the molecule is CC[C@@H](C[C@H](C)[C@]1(O)CBC(C)[C@H](C)O1)C(N)=O. The molecule has 0 aromatic carbocycles. The third-order valence-electron chi connectivity index (χ3n) is 4.45. The Bertz CT molecular complexity index is 300. The van der Waals surface area contributed by atoms with Gasteiger partial charge >= 0.3 is 0 Å². The van der Waals surface area contributed by atoms with Gasteiger partial charge in [0.05, 0.1) is 6.10 Å². The van der Waals surface area contributed by atoms with Crippen molar-refractivity contribution in [2.45, 2.75) is 64.6 Å². The molecule has 1 aliphatic heterocycles. The standard InChI is InChI=1S/C13H26BNO3/c1-5-11(12(15)16)6-8(2)13(17)7-14-9(3)10(4)18-13/h8-11,14,17H,5-7H2,1-4H3,(H2,15,16)/t8-,9?,10-,11-,13-/m0/s1. The number of carbonyl (C=O) groups excluding carboxylic acids is 1. The summed E-state index contributed by atoms with van der Waals surface area (Å²) >= 11 is 0. The third kappa shape index (κ3) is 3.48. The van der Waals surface area contributed by atoms with Crippen LogP contribution in [0.1, 0.15) is 40.5 Å². The van der Waals surface area contributed by atoms with E-state index in [4.69, 9.17) is 10.5 Å². The first kappa shape index (κ1) is 15.5. The molecule has 18 heavy (non-hydrogen) atoms. The minimum absolute atomic E-state index is 0.0554. The van der Waals surface area contributed by atoms with Crippen LogP contribution < -0.4 is 5.73 Å². The van der Waals surface area contributed by atoms with Crippen molar-refractivity contribution in [1.82, 2.24) is 0 Å². The molecular formula is C13H26BNO3. The molecule has 5 atom stereocenters. The van der Waals surface area contributed by atoms with Gasteiger partial charge in [-0.2, -0.15) is 0 Å². The number of rotatable bonds is 5. The highest BCUT2D eigenvalue weighted by Gasteiger charge is 2.42. The van der Waals surface area contributed by atoms with Crippen molar-refractivity contribution in [3.8, 4) is 0 Å². The molecule has 1 rings (SSSR count).